The molecule has 11 nitrogen and oxygen atoms in total. The largest absolute Gasteiger partial charge is 0.493 e. The molecule has 4 aromatic carbocycles. The predicted molar refractivity (Wildman–Crippen MR) is 177 cm³/mol. The van der Waals surface area contributed by atoms with Crippen molar-refractivity contribution in [2.45, 2.75) is 19.4 Å². The smallest absolute Gasteiger partial charge is 0.262 e. The molecule has 0 aliphatic carbocycles. The Morgan fingerprint density at radius 3 is 2.49 bits per heavy atom. The number of rotatable bonds is 9. The van der Waals surface area contributed by atoms with Crippen LogP contribution in [0, 0.1) is 0 Å². The van der Waals surface area contributed by atoms with E-state index in [4.69, 9.17) is 13.9 Å². The average molecular weight is 629 g/mol. The molecule has 11 heteroatoms. The monoisotopic (exact) mass is 628 g/mol. The number of ether oxygens (including phenoxy) is 2. The van der Waals surface area contributed by atoms with Crippen molar-refractivity contribution in [3.63, 3.8) is 0 Å². The maximum absolute atomic E-state index is 13.4. The number of para-hydroxylation sites is 1. The molecule has 6 aromatic rings. The third-order valence-electron chi connectivity index (χ3n) is 8.44. The van der Waals surface area contributed by atoms with Gasteiger partial charge in [0.2, 0.25) is 11.3 Å². The van der Waals surface area contributed by atoms with Gasteiger partial charge in [0.25, 0.3) is 5.91 Å². The second-order valence-corrected chi connectivity index (χ2v) is 11.3. The summed E-state index contributed by atoms with van der Waals surface area (Å²) in [6.45, 7) is 3.03. The summed E-state index contributed by atoms with van der Waals surface area (Å²) >= 11 is 0. The molecule has 3 heterocycles. The van der Waals surface area contributed by atoms with Crippen LogP contribution in [0.1, 0.15) is 27.0 Å². The van der Waals surface area contributed by atoms with Crippen molar-refractivity contribution in [3.8, 4) is 28.6 Å². The van der Waals surface area contributed by atoms with Crippen molar-refractivity contribution in [3.05, 3.63) is 124 Å². The summed E-state index contributed by atoms with van der Waals surface area (Å²) in [5, 5.41) is 16.3. The highest BCUT2D eigenvalue weighted by atomic mass is 16.5. The van der Waals surface area contributed by atoms with Crippen molar-refractivity contribution < 1.29 is 18.7 Å². The lowest BCUT2D eigenvalue weighted by molar-refractivity contribution is 0.102. The number of hydrogen-bond donors (Lipinski definition) is 1. The third kappa shape index (κ3) is 6.08. The van der Waals surface area contributed by atoms with E-state index in [1.807, 2.05) is 12.1 Å². The molecule has 0 spiro atoms. The van der Waals surface area contributed by atoms with Gasteiger partial charge in [-0.25, -0.2) is 0 Å². The van der Waals surface area contributed by atoms with Crippen molar-refractivity contribution in [1.29, 1.82) is 0 Å². The highest BCUT2D eigenvalue weighted by Crippen LogP contribution is 2.38. The van der Waals surface area contributed by atoms with E-state index >= 15 is 0 Å². The summed E-state index contributed by atoms with van der Waals surface area (Å²) < 4.78 is 16.5. The Bertz CT molecular complexity index is 2140. The Labute approximate surface area is 270 Å². The fraction of sp³-hybridized carbons (Fsp3) is 0.194. The number of anilines is 1. The van der Waals surface area contributed by atoms with Crippen LogP contribution in [0.4, 0.5) is 5.69 Å². The number of aromatic nitrogens is 4. The van der Waals surface area contributed by atoms with Crippen LogP contribution in [0.5, 0.6) is 11.5 Å². The molecule has 2 aromatic heterocycles. The Morgan fingerprint density at radius 1 is 0.936 bits per heavy atom. The Hall–Kier alpha value is -5.81. The van der Waals surface area contributed by atoms with E-state index in [-0.39, 0.29) is 11.4 Å². The van der Waals surface area contributed by atoms with Crippen LogP contribution in [-0.4, -0.2) is 58.3 Å². The van der Waals surface area contributed by atoms with Crippen LogP contribution in [0.25, 0.3) is 28.0 Å². The Morgan fingerprint density at radius 2 is 1.68 bits per heavy atom. The fourth-order valence-electron chi connectivity index (χ4n) is 5.85. The molecular formula is C36H32N6O5. The Balaban J connectivity index is 1.11. The van der Waals surface area contributed by atoms with E-state index in [2.05, 4.69) is 62.0 Å². The van der Waals surface area contributed by atoms with Crippen molar-refractivity contribution in [2.24, 2.45) is 0 Å². The zero-order chi connectivity index (χ0) is 32.3. The van der Waals surface area contributed by atoms with Crippen LogP contribution in [0.3, 0.4) is 0 Å². The number of methoxy groups -OCH3 is 2. The molecule has 0 saturated heterocycles. The first kappa shape index (κ1) is 29.9. The lowest BCUT2D eigenvalue weighted by atomic mass is 9.99. The van der Waals surface area contributed by atoms with Gasteiger partial charge in [-0.3, -0.25) is 14.5 Å². The van der Waals surface area contributed by atoms with Gasteiger partial charge in [0.1, 0.15) is 17.4 Å². The predicted octanol–water partition coefficient (Wildman–Crippen LogP) is 5.31. The van der Waals surface area contributed by atoms with Gasteiger partial charge in [0.05, 0.1) is 36.5 Å². The number of fused-ring (bicyclic) bond motifs is 2. The molecule has 0 saturated carbocycles. The summed E-state index contributed by atoms with van der Waals surface area (Å²) in [5.41, 5.74) is 5.35. The molecule has 0 radical (unpaired) electrons. The summed E-state index contributed by atoms with van der Waals surface area (Å²) in [6.07, 6.45) is 3.17. The van der Waals surface area contributed by atoms with E-state index < -0.39 is 11.3 Å². The first-order valence-corrected chi connectivity index (χ1v) is 15.3. The molecular weight excluding hydrogens is 596 g/mol. The molecule has 1 N–H and O–H groups in total. The normalized spacial score (nSPS) is 12.9. The molecule has 1 aliphatic heterocycles. The van der Waals surface area contributed by atoms with E-state index in [0.29, 0.717) is 33.7 Å². The third-order valence-corrected chi connectivity index (χ3v) is 8.44. The van der Waals surface area contributed by atoms with Gasteiger partial charge in [-0.05, 0) is 65.1 Å². The first-order valence-electron chi connectivity index (χ1n) is 15.3. The van der Waals surface area contributed by atoms with Crippen LogP contribution < -0.4 is 20.2 Å². The minimum atomic E-state index is -0.658. The highest BCUT2D eigenvalue weighted by Gasteiger charge is 2.22. The van der Waals surface area contributed by atoms with Crippen LogP contribution in [0.2, 0.25) is 0 Å². The molecule has 47 heavy (non-hydrogen) atoms. The molecule has 236 valence electrons. The number of hydrogen-bond acceptors (Lipinski definition) is 9. The summed E-state index contributed by atoms with van der Waals surface area (Å²) in [7, 11) is 3.00. The number of benzene rings is 4. The summed E-state index contributed by atoms with van der Waals surface area (Å²) in [4.78, 5) is 30.4. The van der Waals surface area contributed by atoms with Gasteiger partial charge in [-0.15, -0.1) is 15.0 Å². The van der Waals surface area contributed by atoms with Crippen molar-refractivity contribution >= 4 is 22.6 Å². The van der Waals surface area contributed by atoms with Crippen molar-refractivity contribution in [2.75, 3.05) is 32.6 Å². The number of carbonyl (C=O) groups is 1. The number of tetrazole rings is 1. The summed E-state index contributed by atoms with van der Waals surface area (Å²) in [6, 6.07) is 26.7. The van der Waals surface area contributed by atoms with Crippen LogP contribution in [-0.2, 0) is 19.4 Å². The van der Waals surface area contributed by atoms with Crippen molar-refractivity contribution in [1.82, 2.24) is 25.1 Å². The highest BCUT2D eigenvalue weighted by molar-refractivity contribution is 6.07. The Kier molecular flexibility index (Phi) is 8.20. The van der Waals surface area contributed by atoms with Gasteiger partial charge in [0, 0.05) is 25.7 Å². The number of amides is 1. The minimum absolute atomic E-state index is 0.147. The zero-order valence-electron chi connectivity index (χ0n) is 26.0. The topological polar surface area (TPSA) is 125 Å². The molecule has 7 rings (SSSR count). The molecule has 1 amide bonds. The maximum Gasteiger partial charge on any atom is 0.262 e. The fourth-order valence-corrected chi connectivity index (χ4v) is 5.85. The van der Waals surface area contributed by atoms with Gasteiger partial charge < -0.3 is 19.2 Å². The van der Waals surface area contributed by atoms with Gasteiger partial charge in [-0.1, -0.05) is 48.5 Å². The molecule has 0 fully saturated rings. The molecule has 0 atom stereocenters. The number of nitrogens with one attached hydrogen (secondary N) is 1. The number of carbonyl (C=O) groups excluding carboxylic acids is 1. The molecule has 0 unspecified atom stereocenters. The van der Waals surface area contributed by atoms with Crippen LogP contribution in [0.15, 0.2) is 100 Å². The van der Waals surface area contributed by atoms with Crippen LogP contribution >= 0.6 is 0 Å². The minimum Gasteiger partial charge on any atom is -0.493 e. The van der Waals surface area contributed by atoms with Gasteiger partial charge in [-0.2, -0.15) is 0 Å². The summed E-state index contributed by atoms with van der Waals surface area (Å²) in [5.74, 6) is 0.355. The van der Waals surface area contributed by atoms with E-state index in [0.717, 1.165) is 44.4 Å². The maximum atomic E-state index is 13.4. The SMILES string of the molecule is COc1cc(NC(=O)c2coc3ccccc3c2=O)c(-c2nnn(-c3ccc(CCN4CCc5ccccc5C4)cc3)n2)cc1OC. The lowest BCUT2D eigenvalue weighted by Crippen LogP contribution is -2.32. The zero-order valence-corrected chi connectivity index (χ0v) is 26.0. The van der Waals surface area contributed by atoms with E-state index in [1.165, 1.54) is 35.7 Å². The van der Waals surface area contributed by atoms with E-state index in [1.54, 1.807) is 36.4 Å². The van der Waals surface area contributed by atoms with Gasteiger partial charge in [0.15, 0.2) is 11.5 Å². The molecule has 0 bridgehead atoms. The second-order valence-electron chi connectivity index (χ2n) is 11.3. The average Bonchev–Trinajstić information content (AvgIpc) is 3.61. The van der Waals surface area contributed by atoms with Gasteiger partial charge >= 0.3 is 0 Å². The first-order chi connectivity index (χ1) is 23.0. The standard InChI is InChI=1S/C36H32N6O5/c1-45-32-19-28(30(20-33(32)46-2)37-36(44)29-22-47-31-10-6-5-9-27(31)34(29)43)35-38-40-42(39-35)26-13-11-23(12-14-26)15-17-41-18-16-24-7-3-4-8-25(24)21-41/h3-14,19-20,22H,15-18,21H2,1-2H3,(H,37,44). The lowest BCUT2D eigenvalue weighted by Gasteiger charge is -2.28. The quantitative estimate of drug-likeness (QED) is 0.227. The molecule has 1 aliphatic rings. The van der Waals surface area contributed by atoms with E-state index in [9.17, 15) is 9.59 Å². The second kappa shape index (κ2) is 12.9. The number of nitrogens with zero attached hydrogens (tertiary/aromatic N) is 5.